The molecule has 4 rings (SSSR count). The molecule has 3 aromatic rings. The minimum Gasteiger partial charge on any atom is -0.384 e. The van der Waals surface area contributed by atoms with Gasteiger partial charge in [0.15, 0.2) is 0 Å². The van der Waals surface area contributed by atoms with Gasteiger partial charge in [-0.05, 0) is 42.7 Å². The normalized spacial score (nSPS) is 16.9. The molecule has 1 aliphatic heterocycles. The van der Waals surface area contributed by atoms with Crippen molar-refractivity contribution in [2.75, 3.05) is 11.9 Å². The standard InChI is InChI=1S/C17H17N3O/c1-10-2-5-15-14(6-10)12(9-18-15)7-11-3-4-13-16(8-11)19-20-17(13)21/h2-6,8,12,18H,7,9H2,1H3,(H2,19,20,21). The number of hydrogen-bond acceptors (Lipinski definition) is 2. The molecule has 1 aliphatic rings. The smallest absolute Gasteiger partial charge is 0.271 e. The highest BCUT2D eigenvalue weighted by atomic mass is 16.1. The number of aromatic nitrogens is 2. The van der Waals surface area contributed by atoms with Crippen molar-refractivity contribution in [1.29, 1.82) is 0 Å². The maximum atomic E-state index is 11.5. The highest BCUT2D eigenvalue weighted by molar-refractivity contribution is 5.78. The average molecular weight is 279 g/mol. The number of fused-ring (bicyclic) bond motifs is 2. The Morgan fingerprint density at radius 1 is 1.14 bits per heavy atom. The first-order valence-electron chi connectivity index (χ1n) is 7.24. The van der Waals surface area contributed by atoms with Gasteiger partial charge in [-0.2, -0.15) is 0 Å². The second-order valence-corrected chi connectivity index (χ2v) is 5.83. The molecule has 0 bridgehead atoms. The van der Waals surface area contributed by atoms with Crippen molar-refractivity contribution < 1.29 is 0 Å². The Bertz CT molecular complexity index is 875. The fourth-order valence-electron chi connectivity index (χ4n) is 3.20. The summed E-state index contributed by atoms with van der Waals surface area (Å²) in [6.45, 7) is 3.10. The molecular weight excluding hydrogens is 262 g/mol. The Hall–Kier alpha value is -2.49. The Kier molecular flexibility index (Phi) is 2.64. The van der Waals surface area contributed by atoms with Gasteiger partial charge in [0.05, 0.1) is 10.9 Å². The number of benzene rings is 2. The van der Waals surface area contributed by atoms with Crippen LogP contribution >= 0.6 is 0 Å². The fraction of sp³-hybridized carbons (Fsp3) is 0.235. The van der Waals surface area contributed by atoms with Gasteiger partial charge in [-0.25, -0.2) is 0 Å². The minimum absolute atomic E-state index is 0.0555. The summed E-state index contributed by atoms with van der Waals surface area (Å²) in [5, 5.41) is 9.75. The largest absolute Gasteiger partial charge is 0.384 e. The Balaban J connectivity index is 1.67. The lowest BCUT2D eigenvalue weighted by Gasteiger charge is -2.11. The SMILES string of the molecule is Cc1ccc2c(c1)C(Cc1ccc3c(=O)[nH][nH]c3c1)CN2. The van der Waals surface area contributed by atoms with Gasteiger partial charge in [-0.1, -0.05) is 23.8 Å². The van der Waals surface area contributed by atoms with E-state index in [2.05, 4.69) is 52.8 Å². The number of H-pyrrole nitrogens is 2. The van der Waals surface area contributed by atoms with Crippen molar-refractivity contribution in [1.82, 2.24) is 10.2 Å². The summed E-state index contributed by atoms with van der Waals surface area (Å²) < 4.78 is 0. The summed E-state index contributed by atoms with van der Waals surface area (Å²) in [6.07, 6.45) is 0.979. The first kappa shape index (κ1) is 12.3. The quantitative estimate of drug-likeness (QED) is 0.675. The summed E-state index contributed by atoms with van der Waals surface area (Å²) in [4.78, 5) is 11.5. The summed E-state index contributed by atoms with van der Waals surface area (Å²) in [5.41, 5.74) is 6.03. The number of rotatable bonds is 2. The van der Waals surface area contributed by atoms with E-state index in [4.69, 9.17) is 0 Å². The summed E-state index contributed by atoms with van der Waals surface area (Å²) >= 11 is 0. The van der Waals surface area contributed by atoms with E-state index in [1.165, 1.54) is 22.4 Å². The molecular formula is C17H17N3O. The van der Waals surface area contributed by atoms with E-state index in [0.717, 1.165) is 23.9 Å². The summed E-state index contributed by atoms with van der Waals surface area (Å²) in [6, 6.07) is 12.6. The summed E-state index contributed by atoms with van der Waals surface area (Å²) in [7, 11) is 0. The first-order chi connectivity index (χ1) is 10.2. The molecule has 1 unspecified atom stereocenters. The van der Waals surface area contributed by atoms with Crippen LogP contribution in [0.25, 0.3) is 10.9 Å². The third-order valence-electron chi connectivity index (χ3n) is 4.31. The molecule has 0 aliphatic carbocycles. The van der Waals surface area contributed by atoms with Gasteiger partial charge in [-0.15, -0.1) is 0 Å². The predicted molar refractivity (Wildman–Crippen MR) is 85.0 cm³/mol. The second-order valence-electron chi connectivity index (χ2n) is 5.83. The third-order valence-corrected chi connectivity index (χ3v) is 4.31. The lowest BCUT2D eigenvalue weighted by Crippen LogP contribution is -2.05. The zero-order valence-corrected chi connectivity index (χ0v) is 11.9. The average Bonchev–Trinajstić information content (AvgIpc) is 3.04. The van der Waals surface area contributed by atoms with E-state index in [9.17, 15) is 4.79 Å². The van der Waals surface area contributed by atoms with Crippen molar-refractivity contribution in [2.45, 2.75) is 19.3 Å². The van der Waals surface area contributed by atoms with E-state index in [-0.39, 0.29) is 5.56 Å². The molecule has 1 atom stereocenters. The van der Waals surface area contributed by atoms with Crippen LogP contribution < -0.4 is 10.9 Å². The van der Waals surface area contributed by atoms with Crippen LogP contribution in [-0.2, 0) is 6.42 Å². The molecule has 106 valence electrons. The van der Waals surface area contributed by atoms with E-state index >= 15 is 0 Å². The molecule has 0 fully saturated rings. The van der Waals surface area contributed by atoms with Crippen LogP contribution in [0.1, 0.15) is 22.6 Å². The topological polar surface area (TPSA) is 60.7 Å². The van der Waals surface area contributed by atoms with Crippen molar-refractivity contribution in [3.05, 3.63) is 63.4 Å². The van der Waals surface area contributed by atoms with Gasteiger partial charge in [0.2, 0.25) is 0 Å². The fourth-order valence-corrected chi connectivity index (χ4v) is 3.20. The Labute approximate surface area is 122 Å². The highest BCUT2D eigenvalue weighted by Crippen LogP contribution is 2.34. The lowest BCUT2D eigenvalue weighted by molar-refractivity contribution is 0.752. The molecule has 2 aromatic carbocycles. The number of aryl methyl sites for hydroxylation is 1. The molecule has 3 N–H and O–H groups in total. The molecule has 0 amide bonds. The van der Waals surface area contributed by atoms with Gasteiger partial charge in [-0.3, -0.25) is 15.0 Å². The van der Waals surface area contributed by atoms with Crippen molar-refractivity contribution in [2.24, 2.45) is 0 Å². The molecule has 4 nitrogen and oxygen atoms in total. The van der Waals surface area contributed by atoms with E-state index in [1.807, 2.05) is 6.07 Å². The van der Waals surface area contributed by atoms with Gasteiger partial charge >= 0.3 is 0 Å². The van der Waals surface area contributed by atoms with Gasteiger partial charge < -0.3 is 5.32 Å². The van der Waals surface area contributed by atoms with Crippen molar-refractivity contribution >= 4 is 16.6 Å². The second kappa shape index (κ2) is 4.52. The Morgan fingerprint density at radius 2 is 2.05 bits per heavy atom. The third kappa shape index (κ3) is 2.03. The molecule has 4 heteroatoms. The number of hydrogen-bond donors (Lipinski definition) is 3. The van der Waals surface area contributed by atoms with Crippen LogP contribution in [0, 0.1) is 6.92 Å². The number of aromatic amines is 2. The maximum absolute atomic E-state index is 11.5. The van der Waals surface area contributed by atoms with Crippen molar-refractivity contribution in [3.63, 3.8) is 0 Å². The molecule has 0 saturated carbocycles. The van der Waals surface area contributed by atoms with E-state index in [0.29, 0.717) is 5.92 Å². The highest BCUT2D eigenvalue weighted by Gasteiger charge is 2.22. The monoisotopic (exact) mass is 279 g/mol. The Morgan fingerprint density at radius 3 is 2.95 bits per heavy atom. The zero-order chi connectivity index (χ0) is 14.4. The summed E-state index contributed by atoms with van der Waals surface area (Å²) in [5.74, 6) is 0.489. The van der Waals surface area contributed by atoms with Crippen LogP contribution in [0.5, 0.6) is 0 Å². The predicted octanol–water partition coefficient (Wildman–Crippen LogP) is 2.92. The van der Waals surface area contributed by atoms with Crippen LogP contribution in [0.15, 0.2) is 41.2 Å². The van der Waals surface area contributed by atoms with Crippen molar-refractivity contribution in [3.8, 4) is 0 Å². The molecule has 0 saturated heterocycles. The van der Waals surface area contributed by atoms with Crippen LogP contribution in [0.4, 0.5) is 5.69 Å². The molecule has 0 spiro atoms. The van der Waals surface area contributed by atoms with Crippen LogP contribution in [0.2, 0.25) is 0 Å². The van der Waals surface area contributed by atoms with Crippen LogP contribution in [0.3, 0.4) is 0 Å². The number of nitrogens with one attached hydrogen (secondary N) is 3. The van der Waals surface area contributed by atoms with Gasteiger partial charge in [0.25, 0.3) is 5.56 Å². The molecule has 21 heavy (non-hydrogen) atoms. The van der Waals surface area contributed by atoms with Gasteiger partial charge in [0.1, 0.15) is 0 Å². The van der Waals surface area contributed by atoms with Gasteiger partial charge in [0, 0.05) is 18.2 Å². The van der Waals surface area contributed by atoms with E-state index in [1.54, 1.807) is 0 Å². The number of anilines is 1. The molecule has 2 heterocycles. The minimum atomic E-state index is -0.0555. The molecule has 0 radical (unpaired) electrons. The lowest BCUT2D eigenvalue weighted by atomic mass is 9.92. The maximum Gasteiger partial charge on any atom is 0.271 e. The van der Waals surface area contributed by atoms with Crippen LogP contribution in [-0.4, -0.2) is 16.7 Å². The van der Waals surface area contributed by atoms with E-state index < -0.39 is 0 Å². The zero-order valence-electron chi connectivity index (χ0n) is 11.9. The first-order valence-corrected chi connectivity index (χ1v) is 7.24. The molecule has 1 aromatic heterocycles.